The summed E-state index contributed by atoms with van der Waals surface area (Å²) in [5.74, 6) is 0.387. The number of carboxylic acid groups (broad SMARTS) is 1. The standard InChI is InChI=1S/C12H20O5/c1-3-9-7(5-15-9)11(17-12(13)14)8-6-16-10(8)4-2/h7-11H,3-6H2,1-2H3,(H,13,14). The van der Waals surface area contributed by atoms with Gasteiger partial charge in [-0.05, 0) is 12.8 Å². The fourth-order valence-electron chi connectivity index (χ4n) is 2.75. The zero-order chi connectivity index (χ0) is 12.4. The lowest BCUT2D eigenvalue weighted by molar-refractivity contribution is -0.225. The molecule has 98 valence electrons. The van der Waals surface area contributed by atoms with Crippen LogP contribution in [0.3, 0.4) is 0 Å². The minimum absolute atomic E-state index is 0.137. The van der Waals surface area contributed by atoms with Gasteiger partial charge in [-0.2, -0.15) is 0 Å². The first-order valence-electron chi connectivity index (χ1n) is 6.30. The molecule has 2 rings (SSSR count). The third-order valence-electron chi connectivity index (χ3n) is 3.85. The molecule has 0 aromatic carbocycles. The number of ether oxygens (including phenoxy) is 3. The smallest absolute Gasteiger partial charge is 0.450 e. The summed E-state index contributed by atoms with van der Waals surface area (Å²) < 4.78 is 15.9. The molecule has 2 fully saturated rings. The maximum absolute atomic E-state index is 10.8. The van der Waals surface area contributed by atoms with Crippen LogP contribution in [0.5, 0.6) is 0 Å². The van der Waals surface area contributed by atoms with Crippen molar-refractivity contribution in [3.63, 3.8) is 0 Å². The first kappa shape index (κ1) is 12.6. The highest BCUT2D eigenvalue weighted by Gasteiger charge is 2.49. The summed E-state index contributed by atoms with van der Waals surface area (Å²) in [5.41, 5.74) is 0. The second-order valence-corrected chi connectivity index (χ2v) is 4.74. The van der Waals surface area contributed by atoms with Crippen molar-refractivity contribution in [2.75, 3.05) is 13.2 Å². The molecule has 0 saturated carbocycles. The van der Waals surface area contributed by atoms with E-state index in [1.165, 1.54) is 0 Å². The molecule has 1 N–H and O–H groups in total. The van der Waals surface area contributed by atoms with Crippen LogP contribution in [0.2, 0.25) is 0 Å². The maximum Gasteiger partial charge on any atom is 0.506 e. The molecule has 4 atom stereocenters. The number of hydrogen-bond donors (Lipinski definition) is 1. The third-order valence-corrected chi connectivity index (χ3v) is 3.85. The van der Waals surface area contributed by atoms with E-state index in [1.54, 1.807) is 0 Å². The average molecular weight is 244 g/mol. The topological polar surface area (TPSA) is 65.0 Å². The SMILES string of the molecule is CCC1OCC1C(OC(=O)O)C1COC1CC. The Morgan fingerprint density at radius 2 is 1.71 bits per heavy atom. The summed E-state index contributed by atoms with van der Waals surface area (Å²) in [4.78, 5) is 10.8. The molecule has 17 heavy (non-hydrogen) atoms. The van der Waals surface area contributed by atoms with Crippen LogP contribution in [0.15, 0.2) is 0 Å². The molecule has 5 nitrogen and oxygen atoms in total. The van der Waals surface area contributed by atoms with Gasteiger partial charge in [-0.25, -0.2) is 4.79 Å². The average Bonchev–Trinajstić information content (AvgIpc) is 2.14. The van der Waals surface area contributed by atoms with Crippen molar-refractivity contribution in [1.29, 1.82) is 0 Å². The summed E-state index contributed by atoms with van der Waals surface area (Å²) in [5, 5.41) is 8.83. The second-order valence-electron chi connectivity index (χ2n) is 4.74. The van der Waals surface area contributed by atoms with Crippen molar-refractivity contribution in [3.8, 4) is 0 Å². The summed E-state index contributed by atoms with van der Waals surface area (Å²) >= 11 is 0. The highest BCUT2D eigenvalue weighted by Crippen LogP contribution is 2.38. The Morgan fingerprint density at radius 3 is 1.94 bits per heavy atom. The monoisotopic (exact) mass is 244 g/mol. The van der Waals surface area contributed by atoms with E-state index >= 15 is 0 Å². The van der Waals surface area contributed by atoms with Crippen molar-refractivity contribution in [2.24, 2.45) is 11.8 Å². The summed E-state index contributed by atoms with van der Waals surface area (Å²) in [6, 6.07) is 0. The van der Waals surface area contributed by atoms with Crippen LogP contribution in [0.25, 0.3) is 0 Å². The number of rotatable bonds is 5. The Balaban J connectivity index is 2.00. The van der Waals surface area contributed by atoms with Gasteiger partial charge in [0.1, 0.15) is 6.10 Å². The molecule has 5 heteroatoms. The van der Waals surface area contributed by atoms with Gasteiger partial charge in [-0.15, -0.1) is 0 Å². The summed E-state index contributed by atoms with van der Waals surface area (Å²) in [6.07, 6.45) is 0.599. The van der Waals surface area contributed by atoms with Gasteiger partial charge >= 0.3 is 6.16 Å². The lowest BCUT2D eigenvalue weighted by Gasteiger charge is -2.48. The van der Waals surface area contributed by atoms with Crippen molar-refractivity contribution in [3.05, 3.63) is 0 Å². The Kier molecular flexibility index (Phi) is 3.89. The molecular formula is C12H20O5. The Bertz CT molecular complexity index is 256. The predicted molar refractivity (Wildman–Crippen MR) is 59.9 cm³/mol. The molecule has 2 aliphatic rings. The fourth-order valence-corrected chi connectivity index (χ4v) is 2.75. The first-order chi connectivity index (χ1) is 8.17. The molecule has 0 aromatic heterocycles. The largest absolute Gasteiger partial charge is 0.506 e. The van der Waals surface area contributed by atoms with E-state index in [0.717, 1.165) is 12.8 Å². The van der Waals surface area contributed by atoms with Gasteiger partial charge in [0.25, 0.3) is 0 Å². The quantitative estimate of drug-likeness (QED) is 0.748. The zero-order valence-electron chi connectivity index (χ0n) is 10.3. The summed E-state index contributed by atoms with van der Waals surface area (Å²) in [7, 11) is 0. The van der Waals surface area contributed by atoms with E-state index in [9.17, 15) is 4.79 Å². The lowest BCUT2D eigenvalue weighted by atomic mass is 9.78. The molecule has 2 heterocycles. The Morgan fingerprint density at radius 1 is 1.24 bits per heavy atom. The highest BCUT2D eigenvalue weighted by molar-refractivity contribution is 5.57. The maximum atomic E-state index is 10.8. The zero-order valence-corrected chi connectivity index (χ0v) is 10.3. The van der Waals surface area contributed by atoms with E-state index in [4.69, 9.17) is 19.3 Å². The van der Waals surface area contributed by atoms with Crippen LogP contribution in [0.4, 0.5) is 4.79 Å². The molecule has 0 spiro atoms. The minimum Gasteiger partial charge on any atom is -0.450 e. The van der Waals surface area contributed by atoms with E-state index in [-0.39, 0.29) is 30.1 Å². The van der Waals surface area contributed by atoms with Crippen LogP contribution >= 0.6 is 0 Å². The molecule has 0 aliphatic carbocycles. The molecule has 0 aromatic rings. The molecule has 0 amide bonds. The van der Waals surface area contributed by atoms with Gasteiger partial charge in [0.2, 0.25) is 0 Å². The second kappa shape index (κ2) is 5.23. The first-order valence-corrected chi connectivity index (χ1v) is 6.30. The van der Waals surface area contributed by atoms with Crippen molar-refractivity contribution < 1.29 is 24.1 Å². The van der Waals surface area contributed by atoms with Crippen LogP contribution in [0.1, 0.15) is 26.7 Å². The molecule has 0 bridgehead atoms. The number of hydrogen-bond acceptors (Lipinski definition) is 4. The van der Waals surface area contributed by atoms with E-state index < -0.39 is 6.16 Å². The lowest BCUT2D eigenvalue weighted by Crippen LogP contribution is -2.57. The van der Waals surface area contributed by atoms with E-state index in [1.807, 2.05) is 13.8 Å². The van der Waals surface area contributed by atoms with Crippen molar-refractivity contribution >= 4 is 6.16 Å². The van der Waals surface area contributed by atoms with Crippen LogP contribution in [-0.4, -0.2) is 42.8 Å². The fraction of sp³-hybridized carbons (Fsp3) is 0.917. The molecular weight excluding hydrogens is 224 g/mol. The summed E-state index contributed by atoms with van der Waals surface area (Å²) in [6.45, 7) is 5.29. The van der Waals surface area contributed by atoms with E-state index in [0.29, 0.717) is 13.2 Å². The normalized spacial score (nSPS) is 37.8. The van der Waals surface area contributed by atoms with E-state index in [2.05, 4.69) is 0 Å². The van der Waals surface area contributed by atoms with Gasteiger partial charge in [-0.1, -0.05) is 13.8 Å². The van der Waals surface area contributed by atoms with Gasteiger partial charge < -0.3 is 19.3 Å². The van der Waals surface area contributed by atoms with Crippen molar-refractivity contribution in [1.82, 2.24) is 0 Å². The third kappa shape index (κ3) is 2.40. The Hall–Kier alpha value is -0.810. The molecule has 2 aliphatic heterocycles. The Labute approximate surface area is 101 Å². The van der Waals surface area contributed by atoms with Gasteiger partial charge in [-0.3, -0.25) is 0 Å². The van der Waals surface area contributed by atoms with Crippen molar-refractivity contribution in [2.45, 2.75) is 45.0 Å². The molecule has 0 radical (unpaired) electrons. The van der Waals surface area contributed by atoms with Crippen LogP contribution in [-0.2, 0) is 14.2 Å². The van der Waals surface area contributed by atoms with Crippen LogP contribution in [0, 0.1) is 11.8 Å². The van der Waals surface area contributed by atoms with Gasteiger partial charge in [0, 0.05) is 11.8 Å². The predicted octanol–water partition coefficient (Wildman–Crippen LogP) is 1.90. The van der Waals surface area contributed by atoms with Gasteiger partial charge in [0.05, 0.1) is 25.4 Å². The van der Waals surface area contributed by atoms with Crippen LogP contribution < -0.4 is 0 Å². The highest BCUT2D eigenvalue weighted by atomic mass is 16.7. The molecule has 2 saturated heterocycles. The van der Waals surface area contributed by atoms with Gasteiger partial charge in [0.15, 0.2) is 0 Å². The molecule has 4 unspecified atom stereocenters. The number of carbonyl (C=O) groups is 1. The minimum atomic E-state index is -1.20.